The molecule has 1 fully saturated rings. The highest BCUT2D eigenvalue weighted by Crippen LogP contribution is 2.39. The van der Waals surface area contributed by atoms with E-state index < -0.39 is 0 Å². The maximum atomic E-state index is 6.28. The SMILES string of the molecule is CCNC1C(Oc2cccc(N(C)C)c2)CCC1(C)C. The fourth-order valence-electron chi connectivity index (χ4n) is 3.10. The van der Waals surface area contributed by atoms with Crippen LogP contribution in [-0.2, 0) is 0 Å². The molecule has 112 valence electrons. The Bertz CT molecular complexity index is 442. The Morgan fingerprint density at radius 2 is 2.10 bits per heavy atom. The van der Waals surface area contributed by atoms with Crippen LogP contribution in [0, 0.1) is 5.41 Å². The van der Waals surface area contributed by atoms with Crippen molar-refractivity contribution in [2.45, 2.75) is 45.8 Å². The average molecular weight is 276 g/mol. The van der Waals surface area contributed by atoms with Crippen LogP contribution in [-0.4, -0.2) is 32.8 Å². The molecule has 1 aromatic carbocycles. The van der Waals surface area contributed by atoms with Gasteiger partial charge >= 0.3 is 0 Å². The fraction of sp³-hybridized carbons (Fsp3) is 0.647. The lowest BCUT2D eigenvalue weighted by atomic mass is 9.87. The molecule has 2 atom stereocenters. The van der Waals surface area contributed by atoms with Crippen molar-refractivity contribution in [1.82, 2.24) is 5.32 Å². The Labute approximate surface area is 123 Å². The standard InChI is InChI=1S/C17H28N2O/c1-6-18-16-15(10-11-17(16,2)3)20-14-9-7-8-13(12-14)19(4)5/h7-9,12,15-16,18H,6,10-11H2,1-5H3. The molecule has 3 nitrogen and oxygen atoms in total. The van der Waals surface area contributed by atoms with Crippen LogP contribution in [0.5, 0.6) is 5.75 Å². The highest BCUT2D eigenvalue weighted by Gasteiger charge is 2.42. The predicted octanol–water partition coefficient (Wildman–Crippen LogP) is 3.30. The first kappa shape index (κ1) is 15.2. The lowest BCUT2D eigenvalue weighted by Gasteiger charge is -2.31. The van der Waals surface area contributed by atoms with Crippen LogP contribution < -0.4 is 15.0 Å². The Morgan fingerprint density at radius 1 is 1.35 bits per heavy atom. The zero-order valence-electron chi connectivity index (χ0n) is 13.4. The molecule has 1 N–H and O–H groups in total. The van der Waals surface area contributed by atoms with Gasteiger partial charge in [0.1, 0.15) is 11.9 Å². The van der Waals surface area contributed by atoms with Gasteiger partial charge in [-0.05, 0) is 36.9 Å². The number of anilines is 1. The number of hydrogen-bond acceptors (Lipinski definition) is 3. The summed E-state index contributed by atoms with van der Waals surface area (Å²) in [6, 6.07) is 8.77. The van der Waals surface area contributed by atoms with E-state index in [0.29, 0.717) is 11.5 Å². The van der Waals surface area contributed by atoms with Crippen molar-refractivity contribution in [2.75, 3.05) is 25.5 Å². The van der Waals surface area contributed by atoms with Gasteiger partial charge in [0.15, 0.2) is 0 Å². The lowest BCUT2D eigenvalue weighted by molar-refractivity contribution is 0.141. The summed E-state index contributed by atoms with van der Waals surface area (Å²) in [4.78, 5) is 2.10. The Balaban J connectivity index is 2.11. The molecule has 2 rings (SSSR count). The van der Waals surface area contributed by atoms with E-state index >= 15 is 0 Å². The topological polar surface area (TPSA) is 24.5 Å². The summed E-state index contributed by atoms with van der Waals surface area (Å²) in [6.07, 6.45) is 2.60. The molecule has 0 saturated heterocycles. The average Bonchev–Trinajstić information content (AvgIpc) is 2.67. The predicted molar refractivity (Wildman–Crippen MR) is 85.7 cm³/mol. The number of hydrogen-bond donors (Lipinski definition) is 1. The van der Waals surface area contributed by atoms with E-state index in [0.717, 1.165) is 18.7 Å². The van der Waals surface area contributed by atoms with Crippen molar-refractivity contribution in [3.05, 3.63) is 24.3 Å². The number of nitrogens with zero attached hydrogens (tertiary/aromatic N) is 1. The quantitative estimate of drug-likeness (QED) is 0.893. The minimum atomic E-state index is 0.266. The Morgan fingerprint density at radius 3 is 2.75 bits per heavy atom. The number of likely N-dealkylation sites (N-methyl/N-ethyl adjacent to an activating group) is 1. The first-order valence-corrected chi connectivity index (χ1v) is 7.61. The second-order valence-electron chi connectivity index (χ2n) is 6.61. The maximum absolute atomic E-state index is 6.28. The third-order valence-corrected chi connectivity index (χ3v) is 4.33. The molecule has 20 heavy (non-hydrogen) atoms. The van der Waals surface area contributed by atoms with Crippen molar-refractivity contribution in [2.24, 2.45) is 5.41 Å². The molecule has 2 unspecified atom stereocenters. The van der Waals surface area contributed by atoms with E-state index in [1.54, 1.807) is 0 Å². The van der Waals surface area contributed by atoms with Crippen LogP contribution in [0.4, 0.5) is 5.69 Å². The summed E-state index contributed by atoms with van der Waals surface area (Å²) < 4.78 is 6.28. The summed E-state index contributed by atoms with van der Waals surface area (Å²) in [5.74, 6) is 0.974. The molecule has 0 spiro atoms. The molecule has 0 aliphatic heterocycles. The molecule has 1 aliphatic carbocycles. The molecule has 1 aliphatic rings. The monoisotopic (exact) mass is 276 g/mol. The van der Waals surface area contributed by atoms with E-state index in [4.69, 9.17) is 4.74 Å². The minimum absolute atomic E-state index is 0.266. The lowest BCUT2D eigenvalue weighted by Crippen LogP contribution is -2.46. The molecule has 1 aromatic rings. The van der Waals surface area contributed by atoms with E-state index in [-0.39, 0.29) is 6.10 Å². The summed E-state index contributed by atoms with van der Waals surface area (Å²) in [6.45, 7) is 7.82. The van der Waals surface area contributed by atoms with Crippen LogP contribution >= 0.6 is 0 Å². The molecule has 0 aromatic heterocycles. The zero-order valence-corrected chi connectivity index (χ0v) is 13.4. The third kappa shape index (κ3) is 3.26. The number of rotatable bonds is 5. The van der Waals surface area contributed by atoms with E-state index in [1.807, 2.05) is 0 Å². The van der Waals surface area contributed by atoms with Crippen LogP contribution in [0.15, 0.2) is 24.3 Å². The van der Waals surface area contributed by atoms with Gasteiger partial charge in [0.05, 0.1) is 0 Å². The van der Waals surface area contributed by atoms with Gasteiger partial charge in [-0.1, -0.05) is 26.8 Å². The van der Waals surface area contributed by atoms with Gasteiger partial charge in [-0.15, -0.1) is 0 Å². The van der Waals surface area contributed by atoms with E-state index in [9.17, 15) is 0 Å². The van der Waals surface area contributed by atoms with Crippen molar-refractivity contribution in [3.8, 4) is 5.75 Å². The summed E-state index contributed by atoms with van der Waals surface area (Å²) in [5, 5.41) is 3.61. The molecule has 0 heterocycles. The van der Waals surface area contributed by atoms with Crippen molar-refractivity contribution in [3.63, 3.8) is 0 Å². The van der Waals surface area contributed by atoms with Crippen LogP contribution in [0.3, 0.4) is 0 Å². The minimum Gasteiger partial charge on any atom is -0.489 e. The first-order valence-electron chi connectivity index (χ1n) is 7.61. The Hall–Kier alpha value is -1.22. The normalized spacial score (nSPS) is 24.6. The highest BCUT2D eigenvalue weighted by atomic mass is 16.5. The van der Waals surface area contributed by atoms with Crippen molar-refractivity contribution in [1.29, 1.82) is 0 Å². The second-order valence-corrected chi connectivity index (χ2v) is 6.61. The van der Waals surface area contributed by atoms with E-state index in [2.05, 4.69) is 69.3 Å². The van der Waals surface area contributed by atoms with Crippen molar-refractivity contribution < 1.29 is 4.74 Å². The summed E-state index contributed by atoms with van der Waals surface area (Å²) >= 11 is 0. The Kier molecular flexibility index (Phi) is 4.59. The molecule has 0 radical (unpaired) electrons. The van der Waals surface area contributed by atoms with Crippen LogP contribution in [0.25, 0.3) is 0 Å². The first-order chi connectivity index (χ1) is 9.44. The van der Waals surface area contributed by atoms with Gasteiger partial charge in [-0.3, -0.25) is 0 Å². The zero-order chi connectivity index (χ0) is 14.8. The number of nitrogens with one attached hydrogen (secondary N) is 1. The molecular weight excluding hydrogens is 248 g/mol. The van der Waals surface area contributed by atoms with E-state index in [1.165, 1.54) is 12.1 Å². The number of benzene rings is 1. The third-order valence-electron chi connectivity index (χ3n) is 4.33. The van der Waals surface area contributed by atoms with Gasteiger partial charge < -0.3 is 15.0 Å². The number of ether oxygens (including phenoxy) is 1. The maximum Gasteiger partial charge on any atom is 0.121 e. The molecule has 1 saturated carbocycles. The van der Waals surface area contributed by atoms with Crippen LogP contribution in [0.2, 0.25) is 0 Å². The van der Waals surface area contributed by atoms with Gasteiger partial charge in [0.25, 0.3) is 0 Å². The van der Waals surface area contributed by atoms with Gasteiger partial charge in [0.2, 0.25) is 0 Å². The molecule has 0 bridgehead atoms. The highest BCUT2D eigenvalue weighted by molar-refractivity contribution is 5.49. The second kappa shape index (κ2) is 6.04. The smallest absolute Gasteiger partial charge is 0.121 e. The molecule has 3 heteroatoms. The summed E-state index contributed by atoms with van der Waals surface area (Å²) in [7, 11) is 4.11. The van der Waals surface area contributed by atoms with Gasteiger partial charge in [0, 0.05) is 31.9 Å². The van der Waals surface area contributed by atoms with Crippen molar-refractivity contribution >= 4 is 5.69 Å². The molecular formula is C17H28N2O. The van der Waals surface area contributed by atoms with Gasteiger partial charge in [-0.25, -0.2) is 0 Å². The van der Waals surface area contributed by atoms with Crippen LogP contribution in [0.1, 0.15) is 33.6 Å². The molecule has 0 amide bonds. The summed E-state index contributed by atoms with van der Waals surface area (Å²) in [5.41, 5.74) is 1.49. The fourth-order valence-corrected chi connectivity index (χ4v) is 3.10. The van der Waals surface area contributed by atoms with Gasteiger partial charge in [-0.2, -0.15) is 0 Å². The largest absolute Gasteiger partial charge is 0.489 e.